The molecule has 2 nitrogen and oxygen atoms in total. The third kappa shape index (κ3) is 3.70. The Morgan fingerprint density at radius 2 is 2.12 bits per heavy atom. The van der Waals surface area contributed by atoms with Crippen LogP contribution in [0.5, 0.6) is 5.75 Å². The van der Waals surface area contributed by atoms with Gasteiger partial charge in [-0.25, -0.2) is 4.39 Å². The lowest BCUT2D eigenvalue weighted by Gasteiger charge is -2.25. The maximum atomic E-state index is 13.4. The molecule has 17 heavy (non-hydrogen) atoms. The van der Waals surface area contributed by atoms with Crippen LogP contribution in [0.2, 0.25) is 0 Å². The van der Waals surface area contributed by atoms with Crippen LogP contribution < -0.4 is 10.5 Å². The maximum absolute atomic E-state index is 13.4. The second-order valence-electron chi connectivity index (χ2n) is 4.80. The van der Waals surface area contributed by atoms with E-state index in [1.807, 2.05) is 6.07 Å². The Bertz CT molecular complexity index is 363. The van der Waals surface area contributed by atoms with Gasteiger partial charge in [0, 0.05) is 6.07 Å². The molecule has 3 heteroatoms. The van der Waals surface area contributed by atoms with Crippen molar-refractivity contribution in [2.75, 3.05) is 13.2 Å². The summed E-state index contributed by atoms with van der Waals surface area (Å²) in [4.78, 5) is 0. The fourth-order valence-electron chi connectivity index (χ4n) is 2.03. The highest BCUT2D eigenvalue weighted by atomic mass is 19.1. The number of aryl methyl sites for hydroxylation is 1. The molecule has 2 N–H and O–H groups in total. The monoisotopic (exact) mass is 237 g/mol. The summed E-state index contributed by atoms with van der Waals surface area (Å²) in [6.07, 6.45) is 5.49. The zero-order chi connectivity index (χ0) is 12.1. The van der Waals surface area contributed by atoms with Crippen LogP contribution in [0, 0.1) is 11.7 Å². The molecule has 0 spiro atoms. The molecule has 0 aliphatic heterocycles. The van der Waals surface area contributed by atoms with Gasteiger partial charge in [0.25, 0.3) is 0 Å². The van der Waals surface area contributed by atoms with Gasteiger partial charge in [0.1, 0.15) is 11.6 Å². The van der Waals surface area contributed by atoms with Crippen molar-refractivity contribution in [2.24, 2.45) is 11.7 Å². The fourth-order valence-corrected chi connectivity index (χ4v) is 2.03. The molecule has 0 radical (unpaired) electrons. The number of halogens is 1. The highest BCUT2D eigenvalue weighted by Gasteiger charge is 2.18. The molecular weight excluding hydrogens is 217 g/mol. The minimum Gasteiger partial charge on any atom is -0.493 e. The van der Waals surface area contributed by atoms with E-state index in [-0.39, 0.29) is 5.82 Å². The topological polar surface area (TPSA) is 35.2 Å². The lowest BCUT2D eigenvalue weighted by atomic mass is 9.86. The molecule has 1 aromatic carbocycles. The van der Waals surface area contributed by atoms with Gasteiger partial charge in [0.15, 0.2) is 0 Å². The Morgan fingerprint density at radius 3 is 2.76 bits per heavy atom. The third-order valence-electron chi connectivity index (χ3n) is 3.31. The first-order valence-electron chi connectivity index (χ1n) is 6.40. The van der Waals surface area contributed by atoms with Crippen LogP contribution in [-0.2, 0) is 6.42 Å². The zero-order valence-electron chi connectivity index (χ0n) is 10.1. The summed E-state index contributed by atoms with van der Waals surface area (Å²) in [6.45, 7) is 1.36. The smallest absolute Gasteiger partial charge is 0.127 e. The summed E-state index contributed by atoms with van der Waals surface area (Å²) in [5, 5.41) is 0. The van der Waals surface area contributed by atoms with E-state index in [2.05, 4.69) is 0 Å². The number of rotatable bonds is 6. The van der Waals surface area contributed by atoms with E-state index in [9.17, 15) is 4.39 Å². The molecule has 0 unspecified atom stereocenters. The summed E-state index contributed by atoms with van der Waals surface area (Å²) in [5.41, 5.74) is 6.42. The van der Waals surface area contributed by atoms with E-state index in [0.29, 0.717) is 18.2 Å². The van der Waals surface area contributed by atoms with Gasteiger partial charge in [-0.3, -0.25) is 0 Å². The first-order valence-corrected chi connectivity index (χ1v) is 6.40. The molecule has 0 bridgehead atoms. The number of hydrogen-bond acceptors (Lipinski definition) is 2. The van der Waals surface area contributed by atoms with Gasteiger partial charge in [-0.05, 0) is 55.8 Å². The van der Waals surface area contributed by atoms with Crippen molar-refractivity contribution < 1.29 is 9.13 Å². The lowest BCUT2D eigenvalue weighted by Crippen LogP contribution is -2.19. The fraction of sp³-hybridized carbons (Fsp3) is 0.571. The summed E-state index contributed by atoms with van der Waals surface area (Å²) in [7, 11) is 0. The lowest BCUT2D eigenvalue weighted by molar-refractivity contribution is 0.180. The predicted octanol–water partition coefficient (Wildman–Crippen LogP) is 2.90. The van der Waals surface area contributed by atoms with E-state index < -0.39 is 0 Å². The summed E-state index contributed by atoms with van der Waals surface area (Å²) in [6, 6.07) is 4.95. The number of nitrogens with two attached hydrogens (primary N) is 1. The van der Waals surface area contributed by atoms with E-state index >= 15 is 0 Å². The van der Waals surface area contributed by atoms with Crippen LogP contribution in [0.3, 0.4) is 0 Å². The van der Waals surface area contributed by atoms with Crippen molar-refractivity contribution in [3.05, 3.63) is 29.6 Å². The van der Waals surface area contributed by atoms with Crippen LogP contribution >= 0.6 is 0 Å². The SMILES string of the molecule is NCCCc1cc(F)cc(OCC2CCC2)c1. The van der Waals surface area contributed by atoms with Gasteiger partial charge in [-0.2, -0.15) is 0 Å². The van der Waals surface area contributed by atoms with Crippen molar-refractivity contribution in [1.29, 1.82) is 0 Å². The van der Waals surface area contributed by atoms with Crippen molar-refractivity contribution in [1.82, 2.24) is 0 Å². The molecule has 1 aliphatic carbocycles. The molecule has 0 amide bonds. The molecule has 0 aromatic heterocycles. The Morgan fingerprint density at radius 1 is 1.29 bits per heavy atom. The van der Waals surface area contributed by atoms with Gasteiger partial charge in [-0.1, -0.05) is 6.42 Å². The van der Waals surface area contributed by atoms with E-state index in [1.54, 1.807) is 6.07 Å². The highest BCUT2D eigenvalue weighted by Crippen LogP contribution is 2.27. The van der Waals surface area contributed by atoms with E-state index in [1.165, 1.54) is 25.3 Å². The van der Waals surface area contributed by atoms with Crippen molar-refractivity contribution >= 4 is 0 Å². The van der Waals surface area contributed by atoms with Crippen LogP contribution in [0.25, 0.3) is 0 Å². The summed E-state index contributed by atoms with van der Waals surface area (Å²) < 4.78 is 19.0. The Labute approximate surface area is 102 Å². The Hall–Kier alpha value is -1.09. The van der Waals surface area contributed by atoms with E-state index in [4.69, 9.17) is 10.5 Å². The first kappa shape index (κ1) is 12.4. The standard InChI is InChI=1S/C14H20FNO/c15-13-7-12(5-2-6-16)8-14(9-13)17-10-11-3-1-4-11/h7-9,11H,1-6,10,16H2. The van der Waals surface area contributed by atoms with E-state index in [0.717, 1.165) is 25.0 Å². The van der Waals surface area contributed by atoms with Gasteiger partial charge in [0.05, 0.1) is 6.61 Å². The quantitative estimate of drug-likeness (QED) is 0.825. The Kier molecular flexibility index (Phi) is 4.37. The average Bonchev–Trinajstić information content (AvgIpc) is 2.23. The average molecular weight is 237 g/mol. The second-order valence-corrected chi connectivity index (χ2v) is 4.80. The number of ether oxygens (including phenoxy) is 1. The molecule has 1 aliphatic rings. The molecule has 94 valence electrons. The van der Waals surface area contributed by atoms with Crippen LogP contribution in [0.1, 0.15) is 31.2 Å². The van der Waals surface area contributed by atoms with Gasteiger partial charge in [0.2, 0.25) is 0 Å². The molecule has 0 heterocycles. The molecule has 1 aromatic rings. The van der Waals surface area contributed by atoms with Crippen molar-refractivity contribution in [3.63, 3.8) is 0 Å². The van der Waals surface area contributed by atoms with Gasteiger partial charge < -0.3 is 10.5 Å². The Balaban J connectivity index is 1.92. The number of benzene rings is 1. The van der Waals surface area contributed by atoms with Gasteiger partial charge in [-0.15, -0.1) is 0 Å². The third-order valence-corrected chi connectivity index (χ3v) is 3.31. The summed E-state index contributed by atoms with van der Waals surface area (Å²) in [5.74, 6) is 1.11. The zero-order valence-corrected chi connectivity index (χ0v) is 10.1. The maximum Gasteiger partial charge on any atom is 0.127 e. The molecule has 0 atom stereocenters. The predicted molar refractivity (Wildman–Crippen MR) is 66.6 cm³/mol. The normalized spacial score (nSPS) is 15.6. The van der Waals surface area contributed by atoms with Crippen LogP contribution in [-0.4, -0.2) is 13.2 Å². The molecule has 1 saturated carbocycles. The summed E-state index contributed by atoms with van der Waals surface area (Å²) >= 11 is 0. The minimum atomic E-state index is -0.219. The van der Waals surface area contributed by atoms with Crippen molar-refractivity contribution in [3.8, 4) is 5.75 Å². The molecule has 0 saturated heterocycles. The minimum absolute atomic E-state index is 0.219. The second kappa shape index (κ2) is 6.01. The molecule has 1 fully saturated rings. The highest BCUT2D eigenvalue weighted by molar-refractivity contribution is 5.29. The van der Waals surface area contributed by atoms with Crippen LogP contribution in [0.4, 0.5) is 4.39 Å². The molecule has 2 rings (SSSR count). The number of hydrogen-bond donors (Lipinski definition) is 1. The van der Waals surface area contributed by atoms with Crippen molar-refractivity contribution in [2.45, 2.75) is 32.1 Å². The first-order chi connectivity index (χ1) is 8.28. The molecular formula is C14H20FNO. The van der Waals surface area contributed by atoms with Crippen LogP contribution in [0.15, 0.2) is 18.2 Å². The van der Waals surface area contributed by atoms with Gasteiger partial charge >= 0.3 is 0 Å². The largest absolute Gasteiger partial charge is 0.493 e.